The van der Waals surface area contributed by atoms with Gasteiger partial charge in [-0.15, -0.1) is 0 Å². The summed E-state index contributed by atoms with van der Waals surface area (Å²) in [6.45, 7) is 5.03. The van der Waals surface area contributed by atoms with E-state index in [1.807, 2.05) is 24.9 Å². The number of halogens is 1. The molecule has 0 bridgehead atoms. The van der Waals surface area contributed by atoms with Crippen molar-refractivity contribution in [1.82, 2.24) is 10.2 Å². The maximum absolute atomic E-state index is 13.7. The molecule has 1 aromatic rings. The zero-order valence-corrected chi connectivity index (χ0v) is 12.7. The molecular formula is C16H25FN2O. The second-order valence-corrected chi connectivity index (χ2v) is 5.17. The highest BCUT2D eigenvalue weighted by Gasteiger charge is 2.17. The van der Waals surface area contributed by atoms with Crippen LogP contribution in [0.1, 0.15) is 44.7 Å². The Hall–Kier alpha value is -1.42. The number of hydrogen-bond acceptors (Lipinski definition) is 2. The number of benzene rings is 1. The lowest BCUT2D eigenvalue weighted by Crippen LogP contribution is -2.37. The largest absolute Gasteiger partial charge is 0.355 e. The topological polar surface area (TPSA) is 32.3 Å². The summed E-state index contributed by atoms with van der Waals surface area (Å²) in [6, 6.07) is 6.57. The molecule has 1 aromatic carbocycles. The molecular weight excluding hydrogens is 255 g/mol. The molecule has 112 valence electrons. The van der Waals surface area contributed by atoms with Crippen LogP contribution in [0.2, 0.25) is 0 Å². The van der Waals surface area contributed by atoms with Crippen molar-refractivity contribution < 1.29 is 9.18 Å². The lowest BCUT2D eigenvalue weighted by Gasteiger charge is -2.24. The van der Waals surface area contributed by atoms with E-state index in [0.717, 1.165) is 19.3 Å². The zero-order valence-electron chi connectivity index (χ0n) is 12.7. The van der Waals surface area contributed by atoms with E-state index in [1.165, 1.54) is 6.07 Å². The Balaban J connectivity index is 2.43. The molecule has 1 rings (SSSR count). The van der Waals surface area contributed by atoms with Crippen LogP contribution in [0, 0.1) is 5.82 Å². The van der Waals surface area contributed by atoms with E-state index in [4.69, 9.17) is 0 Å². The van der Waals surface area contributed by atoms with Gasteiger partial charge in [0.05, 0.1) is 6.54 Å². The number of amides is 1. The fourth-order valence-corrected chi connectivity index (χ4v) is 2.07. The number of carbonyl (C=O) groups is 1. The Bertz CT molecular complexity index is 423. The highest BCUT2D eigenvalue weighted by Crippen LogP contribution is 2.20. The first kappa shape index (κ1) is 16.6. The van der Waals surface area contributed by atoms with E-state index in [9.17, 15) is 9.18 Å². The van der Waals surface area contributed by atoms with Gasteiger partial charge < -0.3 is 5.32 Å². The minimum absolute atomic E-state index is 0.00760. The molecule has 4 heteroatoms. The molecule has 0 radical (unpaired) electrons. The molecule has 0 aliphatic rings. The summed E-state index contributed by atoms with van der Waals surface area (Å²) in [5.41, 5.74) is 0.619. The third-order valence-electron chi connectivity index (χ3n) is 3.51. The molecule has 0 aromatic heterocycles. The molecule has 1 atom stereocenters. The molecule has 0 aliphatic heterocycles. The normalized spacial score (nSPS) is 12.4. The number of unbranched alkanes of at least 4 members (excludes halogenated alkanes) is 2. The number of nitrogens with one attached hydrogen (secondary N) is 1. The van der Waals surface area contributed by atoms with Gasteiger partial charge in [-0.2, -0.15) is 0 Å². The van der Waals surface area contributed by atoms with Gasteiger partial charge in [0.25, 0.3) is 0 Å². The first-order valence-corrected chi connectivity index (χ1v) is 7.27. The van der Waals surface area contributed by atoms with Crippen LogP contribution < -0.4 is 5.32 Å². The van der Waals surface area contributed by atoms with Crippen molar-refractivity contribution in [3.05, 3.63) is 35.6 Å². The van der Waals surface area contributed by atoms with Crippen LogP contribution in [0.5, 0.6) is 0 Å². The molecule has 0 spiro atoms. The fourth-order valence-electron chi connectivity index (χ4n) is 2.07. The Labute approximate surface area is 121 Å². The third-order valence-corrected chi connectivity index (χ3v) is 3.51. The van der Waals surface area contributed by atoms with Crippen LogP contribution in [0.15, 0.2) is 24.3 Å². The summed E-state index contributed by atoms with van der Waals surface area (Å²) in [6.07, 6.45) is 3.27. The van der Waals surface area contributed by atoms with Crippen LogP contribution >= 0.6 is 0 Å². The highest BCUT2D eigenvalue weighted by atomic mass is 19.1. The number of hydrogen-bond donors (Lipinski definition) is 1. The minimum atomic E-state index is -0.227. The van der Waals surface area contributed by atoms with Crippen LogP contribution in [-0.2, 0) is 4.79 Å². The molecule has 1 unspecified atom stereocenters. The van der Waals surface area contributed by atoms with Gasteiger partial charge in [-0.1, -0.05) is 38.0 Å². The molecule has 0 saturated heterocycles. The molecule has 0 fully saturated rings. The van der Waals surface area contributed by atoms with Crippen molar-refractivity contribution >= 4 is 5.91 Å². The minimum Gasteiger partial charge on any atom is -0.355 e. The molecule has 3 nitrogen and oxygen atoms in total. The number of likely N-dealkylation sites (N-methyl/N-ethyl adjacent to an activating group) is 1. The van der Waals surface area contributed by atoms with Gasteiger partial charge in [0.2, 0.25) is 5.91 Å². The van der Waals surface area contributed by atoms with E-state index < -0.39 is 0 Å². The lowest BCUT2D eigenvalue weighted by atomic mass is 10.1. The van der Waals surface area contributed by atoms with E-state index in [1.54, 1.807) is 12.1 Å². The Kier molecular flexibility index (Phi) is 7.23. The smallest absolute Gasteiger partial charge is 0.234 e. The Morgan fingerprint density at radius 1 is 1.35 bits per heavy atom. The van der Waals surface area contributed by atoms with Crippen molar-refractivity contribution in [2.45, 2.75) is 39.2 Å². The lowest BCUT2D eigenvalue weighted by molar-refractivity contribution is -0.122. The summed E-state index contributed by atoms with van der Waals surface area (Å²) in [5.74, 6) is -0.234. The van der Waals surface area contributed by atoms with Gasteiger partial charge in [-0.25, -0.2) is 4.39 Å². The van der Waals surface area contributed by atoms with E-state index in [-0.39, 0.29) is 24.3 Å². The molecule has 1 N–H and O–H groups in total. The SMILES string of the molecule is CCCCCNC(=O)CN(C)C(C)c1ccccc1F. The summed E-state index contributed by atoms with van der Waals surface area (Å²) in [4.78, 5) is 13.6. The average Bonchev–Trinajstić information content (AvgIpc) is 2.43. The summed E-state index contributed by atoms with van der Waals surface area (Å²) in [5, 5.41) is 2.89. The van der Waals surface area contributed by atoms with Crippen molar-refractivity contribution in [3.63, 3.8) is 0 Å². The van der Waals surface area contributed by atoms with E-state index in [0.29, 0.717) is 12.1 Å². The standard InChI is InChI=1S/C16H25FN2O/c1-4-5-8-11-18-16(20)12-19(3)13(2)14-9-6-7-10-15(14)17/h6-7,9-10,13H,4-5,8,11-12H2,1-3H3,(H,18,20). The van der Waals surface area contributed by atoms with Crippen LogP contribution in [0.3, 0.4) is 0 Å². The average molecular weight is 280 g/mol. The summed E-state index contributed by atoms with van der Waals surface area (Å²) < 4.78 is 13.7. The molecule has 1 amide bonds. The van der Waals surface area contributed by atoms with Gasteiger partial charge in [-0.05, 0) is 26.5 Å². The van der Waals surface area contributed by atoms with Gasteiger partial charge in [0, 0.05) is 18.2 Å². The summed E-state index contributed by atoms with van der Waals surface area (Å²) >= 11 is 0. The number of rotatable bonds is 8. The van der Waals surface area contributed by atoms with Crippen LogP contribution in [0.25, 0.3) is 0 Å². The third kappa shape index (κ3) is 5.29. The number of nitrogens with zero attached hydrogens (tertiary/aromatic N) is 1. The fraction of sp³-hybridized carbons (Fsp3) is 0.562. The first-order valence-electron chi connectivity index (χ1n) is 7.27. The monoisotopic (exact) mass is 280 g/mol. The Morgan fingerprint density at radius 2 is 2.05 bits per heavy atom. The van der Waals surface area contributed by atoms with Crippen LogP contribution in [0.4, 0.5) is 4.39 Å². The molecule has 0 saturated carbocycles. The van der Waals surface area contributed by atoms with E-state index >= 15 is 0 Å². The molecule has 20 heavy (non-hydrogen) atoms. The molecule has 0 aliphatic carbocycles. The maximum Gasteiger partial charge on any atom is 0.234 e. The zero-order chi connectivity index (χ0) is 15.0. The Morgan fingerprint density at radius 3 is 2.70 bits per heavy atom. The van der Waals surface area contributed by atoms with Gasteiger partial charge in [-0.3, -0.25) is 9.69 Å². The predicted molar refractivity (Wildman–Crippen MR) is 80.0 cm³/mol. The first-order chi connectivity index (χ1) is 9.56. The van der Waals surface area contributed by atoms with Gasteiger partial charge in [0.15, 0.2) is 0 Å². The molecule has 0 heterocycles. The van der Waals surface area contributed by atoms with Crippen molar-refractivity contribution in [3.8, 4) is 0 Å². The van der Waals surface area contributed by atoms with Gasteiger partial charge >= 0.3 is 0 Å². The number of carbonyl (C=O) groups excluding carboxylic acids is 1. The second kappa shape index (κ2) is 8.69. The highest BCUT2D eigenvalue weighted by molar-refractivity contribution is 5.78. The van der Waals surface area contributed by atoms with Gasteiger partial charge in [0.1, 0.15) is 5.82 Å². The van der Waals surface area contributed by atoms with Crippen molar-refractivity contribution in [2.24, 2.45) is 0 Å². The summed E-state index contributed by atoms with van der Waals surface area (Å²) in [7, 11) is 1.84. The van der Waals surface area contributed by atoms with Crippen molar-refractivity contribution in [1.29, 1.82) is 0 Å². The maximum atomic E-state index is 13.7. The van der Waals surface area contributed by atoms with Crippen LogP contribution in [-0.4, -0.2) is 30.9 Å². The van der Waals surface area contributed by atoms with E-state index in [2.05, 4.69) is 12.2 Å². The second-order valence-electron chi connectivity index (χ2n) is 5.17. The quantitative estimate of drug-likeness (QED) is 0.742. The van der Waals surface area contributed by atoms with Crippen molar-refractivity contribution in [2.75, 3.05) is 20.1 Å². The predicted octanol–water partition coefficient (Wildman–Crippen LogP) is 3.12.